The molecule has 0 aliphatic carbocycles. The maximum atomic E-state index is 5.46. The number of aliphatic imine (C=N–C) groups is 1. The minimum atomic E-state index is 0.248. The summed E-state index contributed by atoms with van der Waals surface area (Å²) < 4.78 is 5.46. The van der Waals surface area contributed by atoms with Crippen LogP contribution in [-0.4, -0.2) is 18.5 Å². The van der Waals surface area contributed by atoms with Crippen molar-refractivity contribution in [2.45, 2.75) is 47.6 Å². The molecule has 2 heteroatoms. The van der Waals surface area contributed by atoms with Crippen LogP contribution < -0.4 is 0 Å². The molecule has 0 spiro atoms. The highest BCUT2D eigenvalue weighted by atomic mass is 16.5. The van der Waals surface area contributed by atoms with Crippen LogP contribution in [0.1, 0.15) is 41.5 Å². The maximum Gasteiger partial charge on any atom is 0.180 e. The average Bonchev–Trinajstić information content (AvgIpc) is 2.49. The van der Waals surface area contributed by atoms with E-state index in [1.807, 2.05) is 6.92 Å². The maximum absolute atomic E-state index is 5.46. The van der Waals surface area contributed by atoms with Gasteiger partial charge < -0.3 is 4.74 Å². The molecule has 14 heavy (non-hydrogen) atoms. The largest absolute Gasteiger partial charge is 0.479 e. The SMILES string of the molecule is CC1=N[C@H](C(C)(C(C)C)C(C)C)CO1. The Morgan fingerprint density at radius 1 is 1.29 bits per heavy atom. The minimum Gasteiger partial charge on any atom is -0.479 e. The van der Waals surface area contributed by atoms with Crippen LogP contribution in [0.4, 0.5) is 0 Å². The minimum absolute atomic E-state index is 0.248. The topological polar surface area (TPSA) is 21.6 Å². The van der Waals surface area contributed by atoms with Crippen LogP contribution >= 0.6 is 0 Å². The number of hydrogen-bond donors (Lipinski definition) is 0. The molecular formula is C12H23NO. The van der Waals surface area contributed by atoms with Gasteiger partial charge in [-0.2, -0.15) is 0 Å². The van der Waals surface area contributed by atoms with Crippen LogP contribution in [0.2, 0.25) is 0 Å². The average molecular weight is 197 g/mol. The molecule has 0 bridgehead atoms. The van der Waals surface area contributed by atoms with E-state index in [0.29, 0.717) is 17.9 Å². The second-order valence-corrected chi connectivity index (χ2v) is 5.15. The highest BCUT2D eigenvalue weighted by Gasteiger charge is 2.42. The smallest absolute Gasteiger partial charge is 0.180 e. The highest BCUT2D eigenvalue weighted by molar-refractivity contribution is 5.74. The number of nitrogens with zero attached hydrogens (tertiary/aromatic N) is 1. The first kappa shape index (κ1) is 11.5. The summed E-state index contributed by atoms with van der Waals surface area (Å²) in [4.78, 5) is 4.60. The van der Waals surface area contributed by atoms with Gasteiger partial charge in [0.15, 0.2) is 5.90 Å². The molecule has 0 N–H and O–H groups in total. The first-order valence-electron chi connectivity index (χ1n) is 5.56. The van der Waals surface area contributed by atoms with Gasteiger partial charge in [-0.1, -0.05) is 34.6 Å². The molecule has 1 rings (SSSR count). The molecule has 1 atom stereocenters. The summed E-state index contributed by atoms with van der Waals surface area (Å²) in [6, 6.07) is 0.336. The van der Waals surface area contributed by atoms with E-state index in [2.05, 4.69) is 39.6 Å². The number of rotatable bonds is 3. The molecule has 0 amide bonds. The van der Waals surface area contributed by atoms with Crippen LogP contribution in [0, 0.1) is 17.3 Å². The highest BCUT2D eigenvalue weighted by Crippen LogP contribution is 2.41. The predicted octanol–water partition coefficient (Wildman–Crippen LogP) is 3.12. The molecule has 2 nitrogen and oxygen atoms in total. The van der Waals surface area contributed by atoms with E-state index in [4.69, 9.17) is 4.74 Å². The van der Waals surface area contributed by atoms with Gasteiger partial charge in [0.05, 0.1) is 6.04 Å². The van der Waals surface area contributed by atoms with E-state index in [1.54, 1.807) is 0 Å². The van der Waals surface area contributed by atoms with Crippen molar-refractivity contribution in [3.8, 4) is 0 Å². The van der Waals surface area contributed by atoms with Gasteiger partial charge in [0, 0.05) is 6.92 Å². The van der Waals surface area contributed by atoms with Crippen molar-refractivity contribution in [2.24, 2.45) is 22.2 Å². The third-order valence-corrected chi connectivity index (χ3v) is 3.99. The Hall–Kier alpha value is -0.530. The quantitative estimate of drug-likeness (QED) is 0.681. The Balaban J connectivity index is 2.89. The van der Waals surface area contributed by atoms with Gasteiger partial charge in [0.25, 0.3) is 0 Å². The summed E-state index contributed by atoms with van der Waals surface area (Å²) >= 11 is 0. The van der Waals surface area contributed by atoms with Crippen molar-refractivity contribution in [3.05, 3.63) is 0 Å². The van der Waals surface area contributed by atoms with Crippen molar-refractivity contribution in [1.29, 1.82) is 0 Å². The van der Waals surface area contributed by atoms with E-state index < -0.39 is 0 Å². The van der Waals surface area contributed by atoms with Gasteiger partial charge in [-0.3, -0.25) is 0 Å². The number of hydrogen-bond acceptors (Lipinski definition) is 2. The Bertz CT molecular complexity index is 222. The molecule has 0 saturated heterocycles. The molecule has 0 fully saturated rings. The van der Waals surface area contributed by atoms with Crippen LogP contribution in [0.3, 0.4) is 0 Å². The van der Waals surface area contributed by atoms with Gasteiger partial charge in [-0.05, 0) is 17.3 Å². The second-order valence-electron chi connectivity index (χ2n) is 5.15. The fourth-order valence-electron chi connectivity index (χ4n) is 2.25. The Morgan fingerprint density at radius 3 is 2.07 bits per heavy atom. The zero-order chi connectivity index (χ0) is 10.9. The van der Waals surface area contributed by atoms with Crippen molar-refractivity contribution < 1.29 is 4.74 Å². The third kappa shape index (κ3) is 1.79. The molecule has 0 aromatic carbocycles. The molecule has 82 valence electrons. The van der Waals surface area contributed by atoms with Crippen LogP contribution in [0.15, 0.2) is 4.99 Å². The van der Waals surface area contributed by atoms with E-state index in [0.717, 1.165) is 12.5 Å². The van der Waals surface area contributed by atoms with Gasteiger partial charge >= 0.3 is 0 Å². The predicted molar refractivity (Wildman–Crippen MR) is 60.6 cm³/mol. The molecule has 1 heterocycles. The Kier molecular flexibility index (Phi) is 3.23. The van der Waals surface area contributed by atoms with E-state index >= 15 is 0 Å². The summed E-state index contributed by atoms with van der Waals surface area (Å²) in [5.41, 5.74) is 0.248. The molecule has 1 aliphatic rings. The summed E-state index contributed by atoms with van der Waals surface area (Å²) in [7, 11) is 0. The van der Waals surface area contributed by atoms with Gasteiger partial charge in [0.2, 0.25) is 0 Å². The first-order valence-corrected chi connectivity index (χ1v) is 5.56. The molecule has 0 aromatic heterocycles. The molecule has 1 aliphatic heterocycles. The molecule has 0 unspecified atom stereocenters. The zero-order valence-electron chi connectivity index (χ0n) is 10.3. The molecule has 0 saturated carbocycles. The Labute approximate surface area is 87.8 Å². The third-order valence-electron chi connectivity index (χ3n) is 3.99. The lowest BCUT2D eigenvalue weighted by Crippen LogP contribution is -2.41. The van der Waals surface area contributed by atoms with Gasteiger partial charge in [0.1, 0.15) is 6.61 Å². The first-order chi connectivity index (χ1) is 6.39. The van der Waals surface area contributed by atoms with Crippen molar-refractivity contribution in [2.75, 3.05) is 6.61 Å². The lowest BCUT2D eigenvalue weighted by Gasteiger charge is -2.40. The summed E-state index contributed by atoms with van der Waals surface area (Å²) in [5, 5.41) is 0. The van der Waals surface area contributed by atoms with E-state index in [1.165, 1.54) is 0 Å². The molecule has 0 radical (unpaired) electrons. The normalized spacial score (nSPS) is 22.9. The molecular weight excluding hydrogens is 174 g/mol. The summed E-state index contributed by atoms with van der Waals surface area (Å²) in [6.45, 7) is 14.2. The van der Waals surface area contributed by atoms with Gasteiger partial charge in [-0.15, -0.1) is 0 Å². The lowest BCUT2D eigenvalue weighted by molar-refractivity contribution is 0.0829. The van der Waals surface area contributed by atoms with E-state index in [9.17, 15) is 0 Å². The van der Waals surface area contributed by atoms with Crippen LogP contribution in [0.5, 0.6) is 0 Å². The Morgan fingerprint density at radius 2 is 1.79 bits per heavy atom. The van der Waals surface area contributed by atoms with E-state index in [-0.39, 0.29) is 5.41 Å². The fourth-order valence-corrected chi connectivity index (χ4v) is 2.25. The number of ether oxygens (including phenoxy) is 1. The second kappa shape index (κ2) is 3.92. The van der Waals surface area contributed by atoms with Gasteiger partial charge in [-0.25, -0.2) is 4.99 Å². The molecule has 0 aromatic rings. The fraction of sp³-hybridized carbons (Fsp3) is 0.917. The lowest BCUT2D eigenvalue weighted by atomic mass is 9.66. The zero-order valence-corrected chi connectivity index (χ0v) is 10.3. The van der Waals surface area contributed by atoms with Crippen LogP contribution in [0.25, 0.3) is 0 Å². The van der Waals surface area contributed by atoms with Crippen molar-refractivity contribution in [1.82, 2.24) is 0 Å². The monoisotopic (exact) mass is 197 g/mol. The summed E-state index contributed by atoms with van der Waals surface area (Å²) in [6.07, 6.45) is 0. The van der Waals surface area contributed by atoms with Crippen molar-refractivity contribution >= 4 is 5.90 Å². The summed E-state index contributed by atoms with van der Waals surface area (Å²) in [5.74, 6) is 2.11. The van der Waals surface area contributed by atoms with Crippen LogP contribution in [-0.2, 0) is 4.74 Å². The standard InChI is InChI=1S/C12H23NO/c1-8(2)12(6,9(3)4)11-7-14-10(5)13-11/h8-9,11H,7H2,1-6H3/t11-/m0/s1. The van der Waals surface area contributed by atoms with Crippen molar-refractivity contribution in [3.63, 3.8) is 0 Å².